The van der Waals surface area contributed by atoms with Crippen molar-refractivity contribution < 1.29 is 13.9 Å². The van der Waals surface area contributed by atoms with E-state index in [1.165, 1.54) is 23.3 Å². The van der Waals surface area contributed by atoms with Crippen molar-refractivity contribution >= 4 is 0 Å². The van der Waals surface area contributed by atoms with Gasteiger partial charge in [-0.1, -0.05) is 36.4 Å². The van der Waals surface area contributed by atoms with Crippen molar-refractivity contribution in [2.24, 2.45) is 0 Å². The third kappa shape index (κ3) is 3.64. The van der Waals surface area contributed by atoms with Gasteiger partial charge >= 0.3 is 0 Å². The first-order chi connectivity index (χ1) is 9.58. The highest BCUT2D eigenvalue weighted by Gasteiger charge is 2.12. The van der Waals surface area contributed by atoms with Gasteiger partial charge in [0.05, 0.1) is 6.10 Å². The first-order valence-electron chi connectivity index (χ1n) is 6.73. The summed E-state index contributed by atoms with van der Waals surface area (Å²) >= 11 is 0. The van der Waals surface area contributed by atoms with Gasteiger partial charge in [0.15, 0.2) is 11.6 Å². The second kappa shape index (κ2) is 6.62. The Morgan fingerprint density at radius 3 is 2.45 bits per heavy atom. The van der Waals surface area contributed by atoms with Gasteiger partial charge in [-0.3, -0.25) is 0 Å². The fourth-order valence-electron chi connectivity index (χ4n) is 2.27. The van der Waals surface area contributed by atoms with Gasteiger partial charge < -0.3 is 5.11 Å². The van der Waals surface area contributed by atoms with Crippen LogP contribution in [-0.4, -0.2) is 11.2 Å². The van der Waals surface area contributed by atoms with Crippen molar-refractivity contribution in [3.05, 3.63) is 70.8 Å². The molecule has 20 heavy (non-hydrogen) atoms. The molecule has 0 amide bonds. The van der Waals surface area contributed by atoms with E-state index < -0.39 is 17.7 Å². The normalized spacial score (nSPS) is 12.4. The van der Waals surface area contributed by atoms with Gasteiger partial charge in [-0.2, -0.15) is 0 Å². The molecule has 0 fully saturated rings. The highest BCUT2D eigenvalue weighted by Crippen LogP contribution is 2.16. The summed E-state index contributed by atoms with van der Waals surface area (Å²) in [7, 11) is 0. The Balaban J connectivity index is 1.94. The molecule has 1 unspecified atom stereocenters. The summed E-state index contributed by atoms with van der Waals surface area (Å²) in [5.41, 5.74) is 2.57. The largest absolute Gasteiger partial charge is 0.393 e. The molecule has 1 atom stereocenters. The lowest BCUT2D eigenvalue weighted by Crippen LogP contribution is -2.13. The van der Waals surface area contributed by atoms with Crippen LogP contribution in [0.25, 0.3) is 0 Å². The summed E-state index contributed by atoms with van der Waals surface area (Å²) in [4.78, 5) is 0. The minimum absolute atomic E-state index is 0.134. The van der Waals surface area contributed by atoms with Crippen LogP contribution in [0.5, 0.6) is 0 Å². The van der Waals surface area contributed by atoms with Crippen LogP contribution in [0, 0.1) is 18.6 Å². The molecule has 106 valence electrons. The van der Waals surface area contributed by atoms with E-state index in [2.05, 4.69) is 0 Å². The van der Waals surface area contributed by atoms with Crippen LogP contribution in [0.1, 0.15) is 23.1 Å². The van der Waals surface area contributed by atoms with Gasteiger partial charge in [0.1, 0.15) is 0 Å². The summed E-state index contributed by atoms with van der Waals surface area (Å²) in [5, 5.41) is 9.98. The number of aliphatic hydroxyl groups excluding tert-OH is 1. The Hall–Kier alpha value is -1.74. The quantitative estimate of drug-likeness (QED) is 0.880. The molecule has 0 aliphatic rings. The molecule has 2 aromatic rings. The molecule has 3 heteroatoms. The number of rotatable bonds is 5. The average Bonchev–Trinajstić information content (AvgIpc) is 2.43. The van der Waals surface area contributed by atoms with Crippen molar-refractivity contribution in [1.29, 1.82) is 0 Å². The van der Waals surface area contributed by atoms with Crippen molar-refractivity contribution in [2.45, 2.75) is 32.3 Å². The van der Waals surface area contributed by atoms with E-state index in [-0.39, 0.29) is 12.0 Å². The van der Waals surface area contributed by atoms with Crippen LogP contribution in [0.2, 0.25) is 0 Å². The Labute approximate surface area is 117 Å². The SMILES string of the molecule is Cc1ccccc1CCC(O)Cc1cccc(F)c1F. The summed E-state index contributed by atoms with van der Waals surface area (Å²) in [5.74, 6) is -1.73. The molecule has 0 aliphatic carbocycles. The topological polar surface area (TPSA) is 20.2 Å². The first kappa shape index (κ1) is 14.7. The number of halogens is 2. The van der Waals surface area contributed by atoms with Crippen molar-refractivity contribution in [1.82, 2.24) is 0 Å². The zero-order valence-corrected chi connectivity index (χ0v) is 11.4. The van der Waals surface area contributed by atoms with E-state index in [1.807, 2.05) is 31.2 Å². The molecule has 1 N–H and O–H groups in total. The van der Waals surface area contributed by atoms with Crippen LogP contribution in [0.4, 0.5) is 8.78 Å². The summed E-state index contributed by atoms with van der Waals surface area (Å²) in [6.45, 7) is 2.02. The monoisotopic (exact) mass is 276 g/mol. The lowest BCUT2D eigenvalue weighted by atomic mass is 9.98. The van der Waals surface area contributed by atoms with Crippen LogP contribution >= 0.6 is 0 Å². The van der Waals surface area contributed by atoms with Gasteiger partial charge in [-0.15, -0.1) is 0 Å². The van der Waals surface area contributed by atoms with Crippen LogP contribution < -0.4 is 0 Å². The van der Waals surface area contributed by atoms with Crippen LogP contribution in [-0.2, 0) is 12.8 Å². The summed E-state index contributed by atoms with van der Waals surface area (Å²) in [6, 6.07) is 12.0. The van der Waals surface area contributed by atoms with E-state index in [9.17, 15) is 13.9 Å². The fourth-order valence-corrected chi connectivity index (χ4v) is 2.27. The third-order valence-corrected chi connectivity index (χ3v) is 3.50. The predicted octanol–water partition coefficient (Wildman–Crippen LogP) is 3.81. The van der Waals surface area contributed by atoms with E-state index >= 15 is 0 Å². The summed E-state index contributed by atoms with van der Waals surface area (Å²) in [6.07, 6.45) is 0.715. The second-order valence-electron chi connectivity index (χ2n) is 5.04. The van der Waals surface area contributed by atoms with Crippen LogP contribution in [0.3, 0.4) is 0 Å². The Morgan fingerprint density at radius 2 is 1.70 bits per heavy atom. The van der Waals surface area contributed by atoms with E-state index in [0.29, 0.717) is 6.42 Å². The first-order valence-corrected chi connectivity index (χ1v) is 6.73. The summed E-state index contributed by atoms with van der Waals surface area (Å²) < 4.78 is 26.6. The number of benzene rings is 2. The Bertz CT molecular complexity index is 581. The predicted molar refractivity (Wildman–Crippen MR) is 75.6 cm³/mol. The van der Waals surface area contributed by atoms with E-state index in [1.54, 1.807) is 0 Å². The smallest absolute Gasteiger partial charge is 0.162 e. The molecule has 0 bridgehead atoms. The highest BCUT2D eigenvalue weighted by molar-refractivity contribution is 5.26. The molecule has 0 heterocycles. The van der Waals surface area contributed by atoms with Crippen LogP contribution in [0.15, 0.2) is 42.5 Å². The van der Waals surface area contributed by atoms with E-state index in [0.717, 1.165) is 12.5 Å². The van der Waals surface area contributed by atoms with Crippen molar-refractivity contribution in [2.75, 3.05) is 0 Å². The number of aliphatic hydroxyl groups is 1. The molecule has 0 aliphatic heterocycles. The minimum Gasteiger partial charge on any atom is -0.393 e. The number of aryl methyl sites for hydroxylation is 2. The maximum atomic E-state index is 13.5. The maximum absolute atomic E-state index is 13.5. The van der Waals surface area contributed by atoms with Gasteiger partial charge in [0.2, 0.25) is 0 Å². The third-order valence-electron chi connectivity index (χ3n) is 3.50. The molecular weight excluding hydrogens is 258 g/mol. The van der Waals surface area contributed by atoms with Gasteiger partial charge in [-0.05, 0) is 42.5 Å². The zero-order valence-electron chi connectivity index (χ0n) is 11.4. The van der Waals surface area contributed by atoms with Crippen molar-refractivity contribution in [3.63, 3.8) is 0 Å². The molecule has 2 aromatic carbocycles. The molecule has 2 rings (SSSR count). The zero-order chi connectivity index (χ0) is 14.5. The number of hydrogen-bond donors (Lipinski definition) is 1. The second-order valence-corrected chi connectivity index (χ2v) is 5.04. The molecular formula is C17H18F2O. The lowest BCUT2D eigenvalue weighted by molar-refractivity contribution is 0.163. The fraction of sp³-hybridized carbons (Fsp3) is 0.294. The highest BCUT2D eigenvalue weighted by atomic mass is 19.2. The van der Waals surface area contributed by atoms with Crippen molar-refractivity contribution in [3.8, 4) is 0 Å². The molecule has 0 aromatic heterocycles. The lowest BCUT2D eigenvalue weighted by Gasteiger charge is -2.12. The number of hydrogen-bond acceptors (Lipinski definition) is 1. The average molecular weight is 276 g/mol. The van der Waals surface area contributed by atoms with Gasteiger partial charge in [0.25, 0.3) is 0 Å². The van der Waals surface area contributed by atoms with Gasteiger partial charge in [0, 0.05) is 6.42 Å². The molecule has 0 saturated carbocycles. The molecule has 0 spiro atoms. The van der Waals surface area contributed by atoms with Gasteiger partial charge in [-0.25, -0.2) is 8.78 Å². The minimum atomic E-state index is -0.867. The van der Waals surface area contributed by atoms with E-state index in [4.69, 9.17) is 0 Å². The standard InChI is InChI=1S/C17H18F2O/c1-12-5-2-3-6-13(12)9-10-15(20)11-14-7-4-8-16(18)17(14)19/h2-8,15,20H,9-11H2,1H3. The molecule has 0 radical (unpaired) electrons. The molecule has 0 saturated heterocycles. The molecule has 1 nitrogen and oxygen atoms in total. The Kier molecular flexibility index (Phi) is 4.85. The Morgan fingerprint density at radius 1 is 1.00 bits per heavy atom. The maximum Gasteiger partial charge on any atom is 0.162 e.